The van der Waals surface area contributed by atoms with Gasteiger partial charge < -0.3 is 43.6 Å². The minimum absolute atomic E-state index is 0.0990. The zero-order valence-corrected chi connectivity index (χ0v) is 28.3. The van der Waals surface area contributed by atoms with Gasteiger partial charge >= 0.3 is 12.2 Å². The molecule has 1 aliphatic carbocycles. The van der Waals surface area contributed by atoms with E-state index in [4.69, 9.17) is 28.4 Å². The van der Waals surface area contributed by atoms with Gasteiger partial charge in [-0.25, -0.2) is 9.59 Å². The van der Waals surface area contributed by atoms with Gasteiger partial charge in [0.25, 0.3) is 5.56 Å². The molecular weight excluding hydrogens is 606 g/mol. The highest BCUT2D eigenvalue weighted by molar-refractivity contribution is 6.10. The van der Waals surface area contributed by atoms with Crippen LogP contribution in [0.25, 0.3) is 27.6 Å². The molecule has 0 unspecified atom stereocenters. The van der Waals surface area contributed by atoms with Crippen LogP contribution in [0.3, 0.4) is 0 Å². The first-order chi connectivity index (χ1) is 22.2. The van der Waals surface area contributed by atoms with Crippen molar-refractivity contribution in [2.24, 2.45) is 0 Å². The molecule has 12 nitrogen and oxygen atoms in total. The van der Waals surface area contributed by atoms with Crippen molar-refractivity contribution in [3.05, 3.63) is 51.8 Å². The van der Waals surface area contributed by atoms with Gasteiger partial charge in [0.1, 0.15) is 11.2 Å². The van der Waals surface area contributed by atoms with Crippen molar-refractivity contribution in [3.8, 4) is 34.3 Å². The van der Waals surface area contributed by atoms with E-state index in [-0.39, 0.29) is 12.4 Å². The number of nitrogens with one attached hydrogen (secondary N) is 2. The van der Waals surface area contributed by atoms with E-state index in [0.717, 1.165) is 22.3 Å². The number of fused-ring (bicyclic) bond motifs is 6. The summed E-state index contributed by atoms with van der Waals surface area (Å²) < 4.78 is 35.2. The largest absolute Gasteiger partial charge is 0.493 e. The lowest BCUT2D eigenvalue weighted by molar-refractivity contribution is 0.0516. The number of carbonyl (C=O) groups excluding carboxylic acids is 2. The van der Waals surface area contributed by atoms with Gasteiger partial charge in [-0.2, -0.15) is 0 Å². The van der Waals surface area contributed by atoms with Crippen LogP contribution in [0.15, 0.2) is 35.1 Å². The summed E-state index contributed by atoms with van der Waals surface area (Å²) >= 11 is 0. The summed E-state index contributed by atoms with van der Waals surface area (Å²) in [5.74, 6) is 2.10. The molecular formula is C35H43N3O9. The van der Waals surface area contributed by atoms with Gasteiger partial charge in [-0.1, -0.05) is 6.08 Å². The number of ether oxygens (including phenoxy) is 6. The molecule has 47 heavy (non-hydrogen) atoms. The second-order valence-corrected chi connectivity index (χ2v) is 13.3. The van der Waals surface area contributed by atoms with Crippen molar-refractivity contribution in [1.29, 1.82) is 0 Å². The Morgan fingerprint density at radius 3 is 1.96 bits per heavy atom. The van der Waals surface area contributed by atoms with Crippen molar-refractivity contribution >= 4 is 28.5 Å². The van der Waals surface area contributed by atoms with Crippen LogP contribution in [-0.2, 0) is 16.0 Å². The summed E-state index contributed by atoms with van der Waals surface area (Å²) in [7, 11) is 3.08. The second-order valence-electron chi connectivity index (χ2n) is 13.3. The fraction of sp³-hybridized carbons (Fsp3) is 0.457. The molecule has 3 aromatic rings. The number of hydrogen-bond acceptors (Lipinski definition) is 9. The Labute approximate surface area is 273 Å². The summed E-state index contributed by atoms with van der Waals surface area (Å²) in [5.41, 5.74) is 2.64. The van der Waals surface area contributed by atoms with E-state index in [1.165, 1.54) is 7.11 Å². The standard InChI is InChI=1S/C35H43N3O9/c1-34(2,3)46-32(40)36-12-9-11-20-21-15-27-28(45-19-44-27)17-23(21)30-29(20)22-16-25(42-7)26(43-8)18-24(22)31(39)38(30)14-10-13-37-33(41)47-35(4,5)6/h11,15-18H,9-10,12-14,19H2,1-8H3,(H,36,40)(H,37,41)/b20-11-. The van der Waals surface area contributed by atoms with Gasteiger partial charge in [-0.15, -0.1) is 0 Å². The second kappa shape index (κ2) is 13.1. The van der Waals surface area contributed by atoms with Crippen LogP contribution in [-0.4, -0.2) is 62.1 Å². The number of carbonyl (C=O) groups is 2. The Bertz CT molecular complexity index is 1800. The number of methoxy groups -OCH3 is 2. The number of rotatable bonds is 9. The molecule has 252 valence electrons. The van der Waals surface area contributed by atoms with Crippen LogP contribution in [0.5, 0.6) is 23.0 Å². The van der Waals surface area contributed by atoms with Crippen LogP contribution < -0.4 is 35.1 Å². The lowest BCUT2D eigenvalue weighted by Gasteiger charge is -2.20. The maximum atomic E-state index is 14.3. The van der Waals surface area contributed by atoms with Gasteiger partial charge in [0.2, 0.25) is 6.79 Å². The normalized spacial score (nSPS) is 14.1. The predicted molar refractivity (Wildman–Crippen MR) is 178 cm³/mol. The zero-order chi connectivity index (χ0) is 34.1. The van der Waals surface area contributed by atoms with Crippen molar-refractivity contribution < 1.29 is 38.0 Å². The van der Waals surface area contributed by atoms with E-state index in [1.54, 1.807) is 38.5 Å². The Morgan fingerprint density at radius 1 is 0.830 bits per heavy atom. The van der Waals surface area contributed by atoms with Crippen molar-refractivity contribution in [2.75, 3.05) is 34.1 Å². The molecule has 0 spiro atoms. The maximum absolute atomic E-state index is 14.3. The number of pyridine rings is 1. The molecule has 0 atom stereocenters. The molecule has 1 aromatic heterocycles. The summed E-state index contributed by atoms with van der Waals surface area (Å²) in [6.45, 7) is 11.9. The van der Waals surface area contributed by atoms with Gasteiger partial charge in [-0.3, -0.25) is 4.79 Å². The van der Waals surface area contributed by atoms with Crippen molar-refractivity contribution in [3.63, 3.8) is 0 Å². The van der Waals surface area contributed by atoms with Gasteiger partial charge in [0.05, 0.1) is 25.3 Å². The van der Waals surface area contributed by atoms with Crippen LogP contribution >= 0.6 is 0 Å². The summed E-state index contributed by atoms with van der Waals surface area (Å²) in [4.78, 5) is 38.9. The first kappa shape index (κ1) is 33.5. The van der Waals surface area contributed by atoms with Crippen LogP contribution in [0.1, 0.15) is 65.5 Å². The molecule has 5 rings (SSSR count). The molecule has 2 aromatic carbocycles. The fourth-order valence-corrected chi connectivity index (χ4v) is 5.69. The predicted octanol–water partition coefficient (Wildman–Crippen LogP) is 5.99. The monoisotopic (exact) mass is 649 g/mol. The highest BCUT2D eigenvalue weighted by atomic mass is 16.7. The van der Waals surface area contributed by atoms with Crippen LogP contribution in [0, 0.1) is 0 Å². The van der Waals surface area contributed by atoms with E-state index >= 15 is 0 Å². The van der Waals surface area contributed by atoms with Gasteiger partial charge in [-0.05, 0) is 89.8 Å². The number of amides is 2. The molecule has 0 saturated heterocycles. The Morgan fingerprint density at radius 2 is 1.38 bits per heavy atom. The molecule has 2 heterocycles. The molecule has 0 radical (unpaired) electrons. The van der Waals surface area contributed by atoms with E-state index in [9.17, 15) is 14.4 Å². The number of aromatic nitrogens is 1. The molecule has 0 saturated carbocycles. The van der Waals surface area contributed by atoms with E-state index in [1.807, 2.05) is 45.0 Å². The van der Waals surface area contributed by atoms with E-state index in [0.29, 0.717) is 71.9 Å². The van der Waals surface area contributed by atoms with Gasteiger partial charge in [0.15, 0.2) is 23.0 Å². The number of alkyl carbamates (subject to hydrolysis) is 2. The Hall–Kier alpha value is -4.87. The average Bonchev–Trinajstić information content (AvgIpc) is 3.57. The Kier molecular flexibility index (Phi) is 9.33. The quantitative estimate of drug-likeness (QED) is 0.210. The highest BCUT2D eigenvalue weighted by Crippen LogP contribution is 2.52. The van der Waals surface area contributed by atoms with E-state index in [2.05, 4.69) is 10.6 Å². The highest BCUT2D eigenvalue weighted by Gasteiger charge is 2.33. The number of nitrogens with zero attached hydrogens (tertiary/aromatic N) is 1. The zero-order valence-electron chi connectivity index (χ0n) is 28.3. The smallest absolute Gasteiger partial charge is 0.407 e. The third-order valence-corrected chi connectivity index (χ3v) is 7.49. The topological polar surface area (TPSA) is 136 Å². The number of hydrogen-bond donors (Lipinski definition) is 2. The fourth-order valence-electron chi connectivity index (χ4n) is 5.69. The maximum Gasteiger partial charge on any atom is 0.407 e. The molecule has 2 amide bonds. The lowest BCUT2D eigenvalue weighted by Crippen LogP contribution is -2.33. The van der Waals surface area contributed by atoms with E-state index < -0.39 is 23.4 Å². The molecule has 1 aliphatic heterocycles. The minimum Gasteiger partial charge on any atom is -0.493 e. The third-order valence-electron chi connectivity index (χ3n) is 7.49. The summed E-state index contributed by atoms with van der Waals surface area (Å²) in [5, 5.41) is 6.74. The molecule has 2 N–H and O–H groups in total. The lowest BCUT2D eigenvalue weighted by atomic mass is 9.97. The van der Waals surface area contributed by atoms with Gasteiger partial charge in [0, 0.05) is 36.1 Å². The van der Waals surface area contributed by atoms with Crippen LogP contribution in [0.4, 0.5) is 9.59 Å². The SMILES string of the molecule is COc1cc2c3c(n(CCCNC(=O)OC(C)(C)C)c(=O)c2cc1OC)-c1cc2c(cc1/C3=C/CCNC(=O)OC(C)(C)C)OCO2. The van der Waals surface area contributed by atoms with Crippen LogP contribution in [0.2, 0.25) is 0 Å². The molecule has 0 bridgehead atoms. The average molecular weight is 650 g/mol. The third kappa shape index (κ3) is 7.26. The summed E-state index contributed by atoms with van der Waals surface area (Å²) in [6, 6.07) is 7.35. The molecule has 2 aliphatic rings. The molecule has 0 fully saturated rings. The summed E-state index contributed by atoms with van der Waals surface area (Å²) in [6.07, 6.45) is 1.97. The first-order valence-corrected chi connectivity index (χ1v) is 15.6. The first-order valence-electron chi connectivity index (χ1n) is 15.6. The van der Waals surface area contributed by atoms with Crippen molar-refractivity contribution in [1.82, 2.24) is 15.2 Å². The minimum atomic E-state index is -0.624. The van der Waals surface area contributed by atoms with Crippen molar-refractivity contribution in [2.45, 2.75) is 72.1 Å². The Balaban J connectivity index is 1.60. The molecule has 12 heteroatoms. The number of benzene rings is 2.